The van der Waals surface area contributed by atoms with Crippen LogP contribution in [-0.2, 0) is 0 Å². The summed E-state index contributed by atoms with van der Waals surface area (Å²) in [6.07, 6.45) is 4.12. The lowest BCUT2D eigenvalue weighted by atomic mass is 9.62. The van der Waals surface area contributed by atoms with Gasteiger partial charge in [0.05, 0.1) is 12.2 Å². The Labute approximate surface area is 86.3 Å². The van der Waals surface area contributed by atoms with E-state index in [0.717, 1.165) is 12.8 Å². The number of fused-ring (bicyclic) bond motifs is 1. The van der Waals surface area contributed by atoms with Gasteiger partial charge in [0.2, 0.25) is 0 Å². The Hall–Kier alpha value is -0.0800. The third-order valence-electron chi connectivity index (χ3n) is 4.48. The molecular formula is C12H22O2. The topological polar surface area (TPSA) is 40.5 Å². The summed E-state index contributed by atoms with van der Waals surface area (Å²) in [6.45, 7) is 4.21. The van der Waals surface area contributed by atoms with E-state index in [0.29, 0.717) is 17.8 Å². The average Bonchev–Trinajstić information content (AvgIpc) is 2.17. The van der Waals surface area contributed by atoms with E-state index in [4.69, 9.17) is 0 Å². The molecule has 2 saturated carbocycles. The van der Waals surface area contributed by atoms with Crippen LogP contribution in [0.15, 0.2) is 0 Å². The fourth-order valence-corrected chi connectivity index (χ4v) is 3.34. The third kappa shape index (κ3) is 1.59. The Kier molecular flexibility index (Phi) is 2.85. The van der Waals surface area contributed by atoms with E-state index in [-0.39, 0.29) is 18.1 Å². The van der Waals surface area contributed by atoms with Crippen LogP contribution in [0, 0.1) is 23.7 Å². The predicted octanol–water partition coefficient (Wildman–Crippen LogP) is 1.80. The first kappa shape index (κ1) is 10.4. The van der Waals surface area contributed by atoms with Crippen molar-refractivity contribution in [2.24, 2.45) is 23.7 Å². The van der Waals surface area contributed by atoms with E-state index in [1.807, 2.05) is 0 Å². The van der Waals surface area contributed by atoms with Crippen molar-refractivity contribution >= 4 is 0 Å². The quantitative estimate of drug-likeness (QED) is 0.623. The maximum Gasteiger partial charge on any atom is 0.0621 e. The summed E-state index contributed by atoms with van der Waals surface area (Å²) in [5.41, 5.74) is 0. The number of aliphatic hydroxyl groups is 2. The molecule has 0 heterocycles. The van der Waals surface area contributed by atoms with Crippen LogP contribution in [0.25, 0.3) is 0 Å². The maximum atomic E-state index is 10.1. The first-order valence-corrected chi connectivity index (χ1v) is 5.97. The minimum atomic E-state index is -0.272. The van der Waals surface area contributed by atoms with E-state index in [1.165, 1.54) is 12.8 Å². The van der Waals surface area contributed by atoms with Crippen molar-refractivity contribution in [3.05, 3.63) is 0 Å². The monoisotopic (exact) mass is 198 g/mol. The zero-order valence-electron chi connectivity index (χ0n) is 9.19. The van der Waals surface area contributed by atoms with Gasteiger partial charge in [-0.1, -0.05) is 13.8 Å². The number of hydrogen-bond acceptors (Lipinski definition) is 2. The molecule has 0 spiro atoms. The van der Waals surface area contributed by atoms with E-state index < -0.39 is 0 Å². The van der Waals surface area contributed by atoms with E-state index in [1.54, 1.807) is 0 Å². The summed E-state index contributed by atoms with van der Waals surface area (Å²) < 4.78 is 0. The molecule has 82 valence electrons. The van der Waals surface area contributed by atoms with Crippen LogP contribution in [-0.4, -0.2) is 22.4 Å². The lowest BCUT2D eigenvalue weighted by Crippen LogP contribution is -2.49. The molecule has 0 aromatic heterocycles. The fourth-order valence-electron chi connectivity index (χ4n) is 3.34. The second-order valence-electron chi connectivity index (χ2n) is 5.43. The van der Waals surface area contributed by atoms with E-state index in [9.17, 15) is 10.2 Å². The van der Waals surface area contributed by atoms with Gasteiger partial charge >= 0.3 is 0 Å². The average molecular weight is 198 g/mol. The van der Waals surface area contributed by atoms with Gasteiger partial charge in [0.15, 0.2) is 0 Å². The highest BCUT2D eigenvalue weighted by Gasteiger charge is 2.44. The Morgan fingerprint density at radius 2 is 1.21 bits per heavy atom. The molecule has 2 aliphatic carbocycles. The summed E-state index contributed by atoms with van der Waals surface area (Å²) in [5.74, 6) is 1.47. The van der Waals surface area contributed by atoms with Crippen LogP contribution >= 0.6 is 0 Å². The van der Waals surface area contributed by atoms with Gasteiger partial charge in [0.25, 0.3) is 0 Å². The number of rotatable bonds is 0. The van der Waals surface area contributed by atoms with Gasteiger partial charge in [-0.15, -0.1) is 0 Å². The molecule has 2 fully saturated rings. The van der Waals surface area contributed by atoms with Crippen LogP contribution in [0.4, 0.5) is 0 Å². The van der Waals surface area contributed by atoms with Gasteiger partial charge in [0.1, 0.15) is 0 Å². The van der Waals surface area contributed by atoms with Gasteiger partial charge in [-0.3, -0.25) is 0 Å². The van der Waals surface area contributed by atoms with E-state index in [2.05, 4.69) is 13.8 Å². The molecule has 0 aromatic rings. The summed E-state index contributed by atoms with van der Waals surface area (Å²) in [7, 11) is 0. The van der Waals surface area contributed by atoms with Crippen molar-refractivity contribution in [2.75, 3.05) is 0 Å². The minimum absolute atomic E-state index is 0.155. The van der Waals surface area contributed by atoms with Crippen molar-refractivity contribution in [2.45, 2.75) is 51.7 Å². The summed E-state index contributed by atoms with van der Waals surface area (Å²) in [5, 5.41) is 20.2. The zero-order chi connectivity index (χ0) is 10.3. The van der Waals surface area contributed by atoms with Crippen LogP contribution in [0.1, 0.15) is 39.5 Å². The predicted molar refractivity (Wildman–Crippen MR) is 55.8 cm³/mol. The maximum absolute atomic E-state index is 10.1. The molecule has 0 bridgehead atoms. The Morgan fingerprint density at radius 1 is 0.786 bits per heavy atom. The molecule has 0 saturated heterocycles. The van der Waals surface area contributed by atoms with Crippen molar-refractivity contribution < 1.29 is 10.2 Å². The molecule has 0 aromatic carbocycles. The molecular weight excluding hydrogens is 176 g/mol. The first-order chi connectivity index (χ1) is 6.61. The largest absolute Gasteiger partial charge is 0.392 e. The minimum Gasteiger partial charge on any atom is -0.392 e. The Bertz CT molecular complexity index is 182. The van der Waals surface area contributed by atoms with Crippen molar-refractivity contribution in [1.29, 1.82) is 0 Å². The standard InChI is InChI=1S/C12H22O2/c1-7-3-5-9-6-4-8(2)12(14)10(9)11(7)13/h7-14H,3-6H2,1-2H3/t7-,8+,9?,10?,11?,12?. The highest BCUT2D eigenvalue weighted by atomic mass is 16.3. The third-order valence-corrected chi connectivity index (χ3v) is 4.48. The lowest BCUT2D eigenvalue weighted by Gasteiger charge is -2.47. The normalized spacial score (nSPS) is 54.0. The van der Waals surface area contributed by atoms with Gasteiger partial charge < -0.3 is 10.2 Å². The molecule has 2 aliphatic rings. The highest BCUT2D eigenvalue weighted by Crippen LogP contribution is 2.44. The van der Waals surface area contributed by atoms with E-state index >= 15 is 0 Å². The second kappa shape index (κ2) is 3.82. The SMILES string of the molecule is C[C@@H]1CCC2CC[C@H](C)C(O)C2C1O. The molecule has 2 nitrogen and oxygen atoms in total. The Morgan fingerprint density at radius 3 is 1.64 bits per heavy atom. The van der Waals surface area contributed by atoms with Crippen LogP contribution < -0.4 is 0 Å². The molecule has 6 atom stereocenters. The zero-order valence-corrected chi connectivity index (χ0v) is 9.19. The van der Waals surface area contributed by atoms with Gasteiger partial charge in [0, 0.05) is 5.92 Å². The van der Waals surface area contributed by atoms with Gasteiger partial charge in [-0.05, 0) is 43.4 Å². The van der Waals surface area contributed by atoms with Crippen molar-refractivity contribution in [3.63, 3.8) is 0 Å². The van der Waals surface area contributed by atoms with Crippen LogP contribution in [0.2, 0.25) is 0 Å². The highest BCUT2D eigenvalue weighted by molar-refractivity contribution is 4.94. The molecule has 0 radical (unpaired) electrons. The Balaban J connectivity index is 2.13. The second-order valence-corrected chi connectivity index (χ2v) is 5.43. The molecule has 0 aliphatic heterocycles. The van der Waals surface area contributed by atoms with Crippen LogP contribution in [0.3, 0.4) is 0 Å². The molecule has 14 heavy (non-hydrogen) atoms. The molecule has 2 rings (SSSR count). The summed E-state index contributed by atoms with van der Waals surface area (Å²) >= 11 is 0. The summed E-state index contributed by atoms with van der Waals surface area (Å²) in [4.78, 5) is 0. The fraction of sp³-hybridized carbons (Fsp3) is 1.00. The smallest absolute Gasteiger partial charge is 0.0621 e. The molecule has 4 unspecified atom stereocenters. The molecule has 2 heteroatoms. The molecule has 0 amide bonds. The van der Waals surface area contributed by atoms with Crippen LogP contribution in [0.5, 0.6) is 0 Å². The van der Waals surface area contributed by atoms with Gasteiger partial charge in [-0.2, -0.15) is 0 Å². The molecule has 2 N–H and O–H groups in total. The number of hydrogen-bond donors (Lipinski definition) is 2. The number of aliphatic hydroxyl groups excluding tert-OH is 2. The lowest BCUT2D eigenvalue weighted by molar-refractivity contribution is -0.109. The van der Waals surface area contributed by atoms with Crippen molar-refractivity contribution in [1.82, 2.24) is 0 Å². The summed E-state index contributed by atoms with van der Waals surface area (Å²) in [6, 6.07) is 0. The first-order valence-electron chi connectivity index (χ1n) is 5.97. The van der Waals surface area contributed by atoms with Crippen molar-refractivity contribution in [3.8, 4) is 0 Å². The van der Waals surface area contributed by atoms with Gasteiger partial charge in [-0.25, -0.2) is 0 Å².